The van der Waals surface area contributed by atoms with Gasteiger partial charge in [0.1, 0.15) is 0 Å². The first-order chi connectivity index (χ1) is 7.92. The second-order valence-corrected chi connectivity index (χ2v) is 4.92. The van der Waals surface area contributed by atoms with Crippen LogP contribution in [-0.2, 0) is 6.42 Å². The lowest BCUT2D eigenvalue weighted by Crippen LogP contribution is -2.25. The van der Waals surface area contributed by atoms with Crippen LogP contribution in [0.3, 0.4) is 0 Å². The smallest absolute Gasteiger partial charge is 0.152 e. The monoisotopic (exact) mass is 218 g/mol. The molecule has 0 radical (unpaired) electrons. The third kappa shape index (κ3) is 2.07. The second-order valence-electron chi connectivity index (χ2n) is 4.92. The van der Waals surface area contributed by atoms with Crippen LogP contribution in [0.2, 0.25) is 0 Å². The predicted octanol–water partition coefficient (Wildman–Crippen LogP) is 1.43. The highest BCUT2D eigenvalue weighted by molar-refractivity contribution is 5.08. The predicted molar refractivity (Wildman–Crippen MR) is 61.1 cm³/mol. The molecule has 86 valence electrons. The molecule has 2 aliphatic rings. The molecule has 1 unspecified atom stereocenters. The van der Waals surface area contributed by atoms with Crippen LogP contribution in [0.4, 0.5) is 0 Å². The van der Waals surface area contributed by atoms with Gasteiger partial charge in [-0.1, -0.05) is 6.42 Å². The van der Waals surface area contributed by atoms with Gasteiger partial charge in [-0.2, -0.15) is 5.10 Å². The zero-order chi connectivity index (χ0) is 10.8. The summed E-state index contributed by atoms with van der Waals surface area (Å²) in [4.78, 5) is 4.64. The van der Waals surface area contributed by atoms with E-state index in [1.165, 1.54) is 32.1 Å². The fraction of sp³-hybridized carbons (Fsp3) is 0.750. The Kier molecular flexibility index (Phi) is 2.82. The highest BCUT2D eigenvalue weighted by Gasteiger charge is 2.22. The van der Waals surface area contributed by atoms with Gasteiger partial charge in [-0.15, -0.1) is 5.10 Å². The lowest BCUT2D eigenvalue weighted by atomic mass is 9.83. The molecule has 2 fully saturated rings. The van der Waals surface area contributed by atoms with E-state index in [9.17, 15) is 0 Å². The van der Waals surface area contributed by atoms with Gasteiger partial charge >= 0.3 is 0 Å². The van der Waals surface area contributed by atoms with Crippen molar-refractivity contribution >= 4 is 0 Å². The summed E-state index contributed by atoms with van der Waals surface area (Å²) in [5, 5.41) is 11.7. The molecule has 2 heterocycles. The van der Waals surface area contributed by atoms with Gasteiger partial charge in [-0.25, -0.2) is 4.98 Å². The van der Waals surface area contributed by atoms with Gasteiger partial charge in [0.2, 0.25) is 0 Å². The van der Waals surface area contributed by atoms with Crippen LogP contribution in [0.25, 0.3) is 0 Å². The molecule has 3 rings (SSSR count). The quantitative estimate of drug-likeness (QED) is 0.834. The van der Waals surface area contributed by atoms with Gasteiger partial charge in [0.25, 0.3) is 0 Å². The van der Waals surface area contributed by atoms with E-state index >= 15 is 0 Å². The minimum absolute atomic E-state index is 0.568. The number of nitrogens with one attached hydrogen (secondary N) is 1. The van der Waals surface area contributed by atoms with E-state index in [4.69, 9.17) is 0 Å². The molecule has 0 aromatic carbocycles. The maximum atomic E-state index is 4.64. The summed E-state index contributed by atoms with van der Waals surface area (Å²) in [5.41, 5.74) is 1.16. The summed E-state index contributed by atoms with van der Waals surface area (Å²) >= 11 is 0. The maximum Gasteiger partial charge on any atom is 0.152 e. The van der Waals surface area contributed by atoms with Crippen LogP contribution < -0.4 is 5.32 Å². The van der Waals surface area contributed by atoms with Gasteiger partial charge < -0.3 is 5.32 Å². The molecule has 16 heavy (non-hydrogen) atoms. The topological polar surface area (TPSA) is 50.7 Å². The zero-order valence-corrected chi connectivity index (χ0v) is 9.52. The molecule has 1 aromatic heterocycles. The normalized spacial score (nSPS) is 25.6. The molecule has 1 N–H and O–H groups in total. The Hall–Kier alpha value is -1.03. The third-order valence-electron chi connectivity index (χ3n) is 3.74. The van der Waals surface area contributed by atoms with E-state index in [0.29, 0.717) is 12.0 Å². The first-order valence-electron chi connectivity index (χ1n) is 6.34. The Morgan fingerprint density at radius 1 is 1.25 bits per heavy atom. The average molecular weight is 218 g/mol. The van der Waals surface area contributed by atoms with Crippen molar-refractivity contribution in [2.75, 3.05) is 6.54 Å². The van der Waals surface area contributed by atoms with Crippen molar-refractivity contribution in [1.82, 2.24) is 20.5 Å². The summed E-state index contributed by atoms with van der Waals surface area (Å²) < 4.78 is 0. The molecule has 1 aromatic rings. The minimum Gasteiger partial charge on any atom is -0.314 e. The van der Waals surface area contributed by atoms with Crippen molar-refractivity contribution in [3.63, 3.8) is 0 Å². The Balaban J connectivity index is 1.68. The molecule has 1 atom stereocenters. The molecule has 4 heteroatoms. The van der Waals surface area contributed by atoms with Gasteiger partial charge in [-0.3, -0.25) is 0 Å². The van der Waals surface area contributed by atoms with E-state index < -0.39 is 0 Å². The van der Waals surface area contributed by atoms with Crippen molar-refractivity contribution in [2.45, 2.75) is 50.5 Å². The van der Waals surface area contributed by atoms with E-state index in [1.807, 2.05) is 6.20 Å². The third-order valence-corrected chi connectivity index (χ3v) is 3.74. The number of rotatable bonds is 3. The maximum absolute atomic E-state index is 4.64. The highest BCUT2D eigenvalue weighted by atomic mass is 15.1. The number of hydrogen-bond donors (Lipinski definition) is 1. The SMILES string of the molecule is c1nnc(CC2CCCN2)nc1C1CCC1. The lowest BCUT2D eigenvalue weighted by Gasteiger charge is -2.24. The molecule has 0 amide bonds. The second kappa shape index (κ2) is 4.45. The van der Waals surface area contributed by atoms with Crippen LogP contribution in [0.15, 0.2) is 6.20 Å². The van der Waals surface area contributed by atoms with E-state index in [2.05, 4.69) is 20.5 Å². The molecular weight excluding hydrogens is 200 g/mol. The van der Waals surface area contributed by atoms with E-state index in [1.54, 1.807) is 0 Å². The average Bonchev–Trinajstić information content (AvgIpc) is 2.68. The molecule has 1 saturated carbocycles. The Morgan fingerprint density at radius 3 is 2.88 bits per heavy atom. The van der Waals surface area contributed by atoms with Crippen molar-refractivity contribution in [3.8, 4) is 0 Å². The number of nitrogens with zero attached hydrogens (tertiary/aromatic N) is 3. The number of aromatic nitrogens is 3. The fourth-order valence-corrected chi connectivity index (χ4v) is 2.49. The zero-order valence-electron chi connectivity index (χ0n) is 9.52. The van der Waals surface area contributed by atoms with Gasteiger partial charge in [0.15, 0.2) is 5.82 Å². The Labute approximate surface area is 95.9 Å². The van der Waals surface area contributed by atoms with Gasteiger partial charge in [-0.05, 0) is 32.2 Å². The van der Waals surface area contributed by atoms with Crippen LogP contribution in [0.1, 0.15) is 49.5 Å². The standard InChI is InChI=1S/C12H18N4/c1-3-9(4-1)11-8-14-16-12(15-11)7-10-5-2-6-13-10/h8-10,13H,1-7H2. The first kappa shape index (κ1) is 10.1. The molecule has 1 saturated heterocycles. The molecule has 0 spiro atoms. The van der Waals surface area contributed by atoms with Crippen molar-refractivity contribution in [2.24, 2.45) is 0 Å². The van der Waals surface area contributed by atoms with Crippen LogP contribution in [0, 0.1) is 0 Å². The summed E-state index contributed by atoms with van der Waals surface area (Å²) in [5.74, 6) is 1.58. The van der Waals surface area contributed by atoms with Gasteiger partial charge in [0.05, 0.1) is 11.9 Å². The van der Waals surface area contributed by atoms with Crippen molar-refractivity contribution < 1.29 is 0 Å². The van der Waals surface area contributed by atoms with Crippen molar-refractivity contribution in [3.05, 3.63) is 17.7 Å². The Bertz CT molecular complexity index is 356. The Morgan fingerprint density at radius 2 is 2.19 bits per heavy atom. The summed E-state index contributed by atoms with van der Waals surface area (Å²) in [6, 6.07) is 0.568. The molecule has 0 bridgehead atoms. The van der Waals surface area contributed by atoms with Crippen LogP contribution in [0.5, 0.6) is 0 Å². The van der Waals surface area contributed by atoms with E-state index in [0.717, 1.165) is 24.5 Å². The van der Waals surface area contributed by atoms with Crippen molar-refractivity contribution in [1.29, 1.82) is 0 Å². The molecular formula is C12H18N4. The van der Waals surface area contributed by atoms with E-state index in [-0.39, 0.29) is 0 Å². The summed E-state index contributed by atoms with van der Waals surface area (Å²) in [6.07, 6.45) is 9.20. The fourth-order valence-electron chi connectivity index (χ4n) is 2.49. The largest absolute Gasteiger partial charge is 0.314 e. The minimum atomic E-state index is 0.568. The summed E-state index contributed by atoms with van der Waals surface area (Å²) in [6.45, 7) is 1.14. The van der Waals surface area contributed by atoms with Crippen LogP contribution >= 0.6 is 0 Å². The molecule has 1 aliphatic carbocycles. The lowest BCUT2D eigenvalue weighted by molar-refractivity contribution is 0.406. The molecule has 4 nitrogen and oxygen atoms in total. The first-order valence-corrected chi connectivity index (χ1v) is 6.34. The molecule has 1 aliphatic heterocycles. The van der Waals surface area contributed by atoms with Crippen LogP contribution in [-0.4, -0.2) is 27.8 Å². The highest BCUT2D eigenvalue weighted by Crippen LogP contribution is 2.34. The number of hydrogen-bond acceptors (Lipinski definition) is 4. The summed E-state index contributed by atoms with van der Waals surface area (Å²) in [7, 11) is 0. The van der Waals surface area contributed by atoms with Gasteiger partial charge in [0, 0.05) is 18.4 Å².